The summed E-state index contributed by atoms with van der Waals surface area (Å²) in [5.74, 6) is 1.76. The summed E-state index contributed by atoms with van der Waals surface area (Å²) in [7, 11) is 5.26. The zero-order chi connectivity index (χ0) is 20.6. The highest BCUT2D eigenvalue weighted by Gasteiger charge is 2.07. The molecular weight excluding hydrogens is 364 g/mol. The van der Waals surface area contributed by atoms with Gasteiger partial charge in [0.2, 0.25) is 0 Å². The van der Waals surface area contributed by atoms with Crippen LogP contribution in [0.3, 0.4) is 0 Å². The SMILES string of the molecule is CN=C(NCCCc1nc2ccccc2[nH]1)NCc1ccc(C(=O)N(C)C)cc1. The van der Waals surface area contributed by atoms with Gasteiger partial charge in [-0.25, -0.2) is 4.98 Å². The minimum Gasteiger partial charge on any atom is -0.356 e. The molecule has 0 spiro atoms. The molecule has 152 valence electrons. The fourth-order valence-electron chi connectivity index (χ4n) is 3.02. The number of hydrogen-bond acceptors (Lipinski definition) is 3. The standard InChI is InChI=1S/C22H28N6O/c1-23-22(25-15-16-10-12-17(13-11-16)21(29)28(2)3)24-14-6-9-20-26-18-7-4-5-8-19(18)27-20/h4-5,7-8,10-13H,6,9,14-15H2,1-3H3,(H,26,27)(H2,23,24,25). The van der Waals surface area contributed by atoms with Crippen LogP contribution in [-0.4, -0.2) is 54.4 Å². The van der Waals surface area contributed by atoms with E-state index in [1.54, 1.807) is 26.0 Å². The molecule has 1 aromatic heterocycles. The number of nitrogens with zero attached hydrogens (tertiary/aromatic N) is 3. The molecular formula is C22H28N6O. The first kappa shape index (κ1) is 20.4. The zero-order valence-electron chi connectivity index (χ0n) is 17.2. The van der Waals surface area contributed by atoms with Gasteiger partial charge in [0.15, 0.2) is 5.96 Å². The summed E-state index contributed by atoms with van der Waals surface area (Å²) >= 11 is 0. The number of benzene rings is 2. The molecule has 3 aromatic rings. The van der Waals surface area contributed by atoms with Crippen LogP contribution in [0.5, 0.6) is 0 Å². The van der Waals surface area contributed by atoms with Crippen LogP contribution in [0.15, 0.2) is 53.5 Å². The molecule has 0 bridgehead atoms. The van der Waals surface area contributed by atoms with Gasteiger partial charge in [-0.1, -0.05) is 24.3 Å². The van der Waals surface area contributed by atoms with Crippen LogP contribution in [0.4, 0.5) is 0 Å². The van der Waals surface area contributed by atoms with Crippen molar-refractivity contribution >= 4 is 22.9 Å². The molecule has 0 unspecified atom stereocenters. The lowest BCUT2D eigenvalue weighted by Gasteiger charge is -2.13. The summed E-state index contributed by atoms with van der Waals surface area (Å²) in [6.45, 7) is 1.44. The third-order valence-electron chi connectivity index (χ3n) is 4.61. The van der Waals surface area contributed by atoms with Crippen molar-refractivity contribution in [1.82, 2.24) is 25.5 Å². The van der Waals surface area contributed by atoms with E-state index in [2.05, 4.69) is 25.6 Å². The van der Waals surface area contributed by atoms with Crippen molar-refractivity contribution < 1.29 is 4.79 Å². The predicted molar refractivity (Wildman–Crippen MR) is 117 cm³/mol. The summed E-state index contributed by atoms with van der Waals surface area (Å²) in [6, 6.07) is 15.7. The Balaban J connectivity index is 1.41. The van der Waals surface area contributed by atoms with Gasteiger partial charge in [0, 0.05) is 46.2 Å². The maximum Gasteiger partial charge on any atom is 0.253 e. The highest BCUT2D eigenvalue weighted by atomic mass is 16.2. The molecule has 7 heteroatoms. The van der Waals surface area contributed by atoms with Gasteiger partial charge in [-0.3, -0.25) is 9.79 Å². The molecule has 0 saturated carbocycles. The van der Waals surface area contributed by atoms with Gasteiger partial charge < -0.3 is 20.5 Å². The smallest absolute Gasteiger partial charge is 0.253 e. The molecule has 0 aliphatic rings. The van der Waals surface area contributed by atoms with Crippen LogP contribution in [0.2, 0.25) is 0 Å². The number of aryl methyl sites for hydroxylation is 1. The summed E-state index contributed by atoms with van der Waals surface area (Å²) in [6.07, 6.45) is 1.82. The van der Waals surface area contributed by atoms with E-state index < -0.39 is 0 Å². The number of imidazole rings is 1. The molecule has 0 aliphatic carbocycles. The lowest BCUT2D eigenvalue weighted by Crippen LogP contribution is -2.37. The van der Waals surface area contributed by atoms with Crippen molar-refractivity contribution in [3.05, 3.63) is 65.5 Å². The normalized spacial score (nSPS) is 11.5. The first-order valence-electron chi connectivity index (χ1n) is 9.75. The van der Waals surface area contributed by atoms with Gasteiger partial charge in [0.25, 0.3) is 5.91 Å². The van der Waals surface area contributed by atoms with E-state index in [1.807, 2.05) is 48.5 Å². The Morgan fingerprint density at radius 3 is 2.55 bits per heavy atom. The Kier molecular flexibility index (Phi) is 6.84. The minimum absolute atomic E-state index is 0.00596. The van der Waals surface area contributed by atoms with E-state index in [0.717, 1.165) is 47.8 Å². The van der Waals surface area contributed by atoms with Gasteiger partial charge in [-0.2, -0.15) is 0 Å². The van der Waals surface area contributed by atoms with Gasteiger partial charge in [0.1, 0.15) is 5.82 Å². The van der Waals surface area contributed by atoms with Crippen molar-refractivity contribution in [3.63, 3.8) is 0 Å². The summed E-state index contributed by atoms with van der Waals surface area (Å²) < 4.78 is 0. The van der Waals surface area contributed by atoms with Crippen LogP contribution >= 0.6 is 0 Å². The average molecular weight is 393 g/mol. The molecule has 1 amide bonds. The van der Waals surface area contributed by atoms with Crippen molar-refractivity contribution in [2.75, 3.05) is 27.7 Å². The molecule has 0 saturated heterocycles. The Hall–Kier alpha value is -3.35. The van der Waals surface area contributed by atoms with Gasteiger partial charge in [-0.05, 0) is 36.2 Å². The second-order valence-corrected chi connectivity index (χ2v) is 7.05. The number of aromatic nitrogens is 2. The quantitative estimate of drug-likeness (QED) is 0.328. The fraction of sp³-hybridized carbons (Fsp3) is 0.318. The van der Waals surface area contributed by atoms with E-state index in [1.165, 1.54) is 0 Å². The van der Waals surface area contributed by atoms with Crippen molar-refractivity contribution in [3.8, 4) is 0 Å². The van der Waals surface area contributed by atoms with Crippen LogP contribution in [0.25, 0.3) is 11.0 Å². The molecule has 3 N–H and O–H groups in total. The number of para-hydroxylation sites is 2. The summed E-state index contributed by atoms with van der Waals surface area (Å²) in [5, 5.41) is 6.62. The predicted octanol–water partition coefficient (Wildman–Crippen LogP) is 2.56. The van der Waals surface area contributed by atoms with Crippen LogP contribution in [0, 0.1) is 0 Å². The van der Waals surface area contributed by atoms with Crippen molar-refractivity contribution in [2.24, 2.45) is 4.99 Å². The topological polar surface area (TPSA) is 85.4 Å². The molecule has 29 heavy (non-hydrogen) atoms. The number of amides is 1. The van der Waals surface area contributed by atoms with E-state index in [0.29, 0.717) is 12.1 Å². The average Bonchev–Trinajstić information content (AvgIpc) is 3.16. The second-order valence-electron chi connectivity index (χ2n) is 7.05. The van der Waals surface area contributed by atoms with Gasteiger partial charge in [-0.15, -0.1) is 0 Å². The largest absolute Gasteiger partial charge is 0.356 e. The maximum atomic E-state index is 11.9. The number of carbonyl (C=O) groups excluding carboxylic acids is 1. The van der Waals surface area contributed by atoms with Gasteiger partial charge >= 0.3 is 0 Å². The Morgan fingerprint density at radius 1 is 1.10 bits per heavy atom. The monoisotopic (exact) mass is 392 g/mol. The molecule has 0 radical (unpaired) electrons. The molecule has 0 aliphatic heterocycles. The number of nitrogens with one attached hydrogen (secondary N) is 3. The van der Waals surface area contributed by atoms with E-state index in [9.17, 15) is 4.79 Å². The molecule has 2 aromatic carbocycles. The summed E-state index contributed by atoms with van der Waals surface area (Å²) in [4.78, 5) is 25.7. The van der Waals surface area contributed by atoms with E-state index in [4.69, 9.17) is 0 Å². The highest BCUT2D eigenvalue weighted by molar-refractivity contribution is 5.93. The highest BCUT2D eigenvalue weighted by Crippen LogP contribution is 2.11. The number of aromatic amines is 1. The molecule has 7 nitrogen and oxygen atoms in total. The maximum absolute atomic E-state index is 11.9. The second kappa shape index (κ2) is 9.73. The lowest BCUT2D eigenvalue weighted by atomic mass is 10.1. The Morgan fingerprint density at radius 2 is 1.86 bits per heavy atom. The molecule has 3 rings (SSSR count). The van der Waals surface area contributed by atoms with Gasteiger partial charge in [0.05, 0.1) is 11.0 Å². The lowest BCUT2D eigenvalue weighted by molar-refractivity contribution is 0.0827. The van der Waals surface area contributed by atoms with E-state index in [-0.39, 0.29) is 5.91 Å². The Bertz CT molecular complexity index is 941. The van der Waals surface area contributed by atoms with Crippen LogP contribution in [0.1, 0.15) is 28.2 Å². The number of fused-ring (bicyclic) bond motifs is 1. The fourth-order valence-corrected chi connectivity index (χ4v) is 3.02. The van der Waals surface area contributed by atoms with Crippen molar-refractivity contribution in [2.45, 2.75) is 19.4 Å². The number of rotatable bonds is 7. The molecule has 0 fully saturated rings. The number of hydrogen-bond donors (Lipinski definition) is 3. The Labute approximate surface area is 171 Å². The third-order valence-corrected chi connectivity index (χ3v) is 4.61. The zero-order valence-corrected chi connectivity index (χ0v) is 17.2. The number of aliphatic imine (C=N–C) groups is 1. The van der Waals surface area contributed by atoms with Crippen LogP contribution in [-0.2, 0) is 13.0 Å². The van der Waals surface area contributed by atoms with E-state index >= 15 is 0 Å². The van der Waals surface area contributed by atoms with Crippen molar-refractivity contribution in [1.29, 1.82) is 0 Å². The third kappa shape index (κ3) is 5.57. The first-order valence-corrected chi connectivity index (χ1v) is 9.75. The minimum atomic E-state index is 0.00596. The number of carbonyl (C=O) groups is 1. The molecule has 0 atom stereocenters. The number of H-pyrrole nitrogens is 1. The number of guanidine groups is 1. The summed E-state index contributed by atoms with van der Waals surface area (Å²) in [5.41, 5.74) is 3.86. The molecule has 1 heterocycles. The van der Waals surface area contributed by atoms with Crippen LogP contribution < -0.4 is 10.6 Å². The first-order chi connectivity index (χ1) is 14.1.